The summed E-state index contributed by atoms with van der Waals surface area (Å²) in [5, 5.41) is 22.9. The van der Waals surface area contributed by atoms with E-state index in [1.54, 1.807) is 6.07 Å². The highest BCUT2D eigenvalue weighted by Gasteiger charge is 2.36. The van der Waals surface area contributed by atoms with E-state index in [0.717, 1.165) is 12.1 Å². The van der Waals surface area contributed by atoms with E-state index in [2.05, 4.69) is 17.4 Å². The van der Waals surface area contributed by atoms with Gasteiger partial charge in [0.15, 0.2) is 11.5 Å². The van der Waals surface area contributed by atoms with Gasteiger partial charge in [-0.15, -0.1) is 0 Å². The smallest absolute Gasteiger partial charge is 0.161 e. The average molecular weight is 269 g/mol. The number of phenols is 2. The second kappa shape index (κ2) is 4.15. The summed E-state index contributed by atoms with van der Waals surface area (Å²) in [7, 11) is 0. The van der Waals surface area contributed by atoms with Gasteiger partial charge in [0.2, 0.25) is 0 Å². The van der Waals surface area contributed by atoms with E-state index in [1.165, 1.54) is 17.2 Å². The first-order valence-corrected chi connectivity index (χ1v) is 6.74. The van der Waals surface area contributed by atoms with E-state index in [0.29, 0.717) is 12.4 Å². The predicted octanol–water partition coefficient (Wildman–Crippen LogP) is 2.09. The van der Waals surface area contributed by atoms with Crippen molar-refractivity contribution in [2.24, 2.45) is 0 Å². The van der Waals surface area contributed by atoms with Gasteiger partial charge in [-0.05, 0) is 17.2 Å². The third-order valence-electron chi connectivity index (χ3n) is 4.21. The van der Waals surface area contributed by atoms with Crippen LogP contribution in [-0.2, 0) is 6.54 Å². The third-order valence-corrected chi connectivity index (χ3v) is 4.21. The van der Waals surface area contributed by atoms with E-state index in [9.17, 15) is 10.2 Å². The molecule has 2 atom stereocenters. The monoisotopic (exact) mass is 269 g/mol. The second-order valence-corrected chi connectivity index (χ2v) is 5.35. The summed E-state index contributed by atoms with van der Waals surface area (Å²) in [6.45, 7) is 1.40. The number of ether oxygens (including phenoxy) is 1. The Hall–Kier alpha value is -2.20. The van der Waals surface area contributed by atoms with Crippen molar-refractivity contribution in [1.29, 1.82) is 0 Å². The van der Waals surface area contributed by atoms with Crippen LogP contribution in [0.5, 0.6) is 17.2 Å². The first-order valence-electron chi connectivity index (χ1n) is 6.74. The van der Waals surface area contributed by atoms with E-state index in [4.69, 9.17) is 4.74 Å². The zero-order chi connectivity index (χ0) is 13.7. The molecule has 2 aliphatic heterocycles. The Balaban J connectivity index is 1.92. The summed E-state index contributed by atoms with van der Waals surface area (Å²) < 4.78 is 5.71. The Morgan fingerprint density at radius 1 is 1.05 bits per heavy atom. The van der Waals surface area contributed by atoms with Gasteiger partial charge >= 0.3 is 0 Å². The molecule has 3 N–H and O–H groups in total. The second-order valence-electron chi connectivity index (χ2n) is 5.35. The van der Waals surface area contributed by atoms with Gasteiger partial charge in [0, 0.05) is 24.1 Å². The van der Waals surface area contributed by atoms with Gasteiger partial charge in [-0.25, -0.2) is 0 Å². The van der Waals surface area contributed by atoms with Gasteiger partial charge in [0.05, 0.1) is 6.04 Å². The van der Waals surface area contributed by atoms with Gasteiger partial charge in [-0.2, -0.15) is 0 Å². The molecule has 4 heteroatoms. The normalized spacial score (nSPS) is 23.2. The molecular formula is C16H15NO3. The van der Waals surface area contributed by atoms with Crippen LogP contribution in [0.1, 0.15) is 22.6 Å². The number of fused-ring (bicyclic) bond motifs is 5. The van der Waals surface area contributed by atoms with Crippen molar-refractivity contribution in [2.45, 2.75) is 18.5 Å². The standard InChI is InChI=1S/C16H15NO3/c18-13-5-11-15(6-14(13)19)20-8-12-16(11)10-4-2-1-3-9(10)7-17-12/h1-6,12,16-19H,7-8H2/t12-,16?/m1/s1. The maximum Gasteiger partial charge on any atom is 0.161 e. The molecule has 0 saturated carbocycles. The fourth-order valence-corrected chi connectivity index (χ4v) is 3.24. The molecule has 2 aliphatic rings. The molecule has 4 nitrogen and oxygen atoms in total. The lowest BCUT2D eigenvalue weighted by atomic mass is 9.78. The van der Waals surface area contributed by atoms with Gasteiger partial charge in [-0.3, -0.25) is 0 Å². The lowest BCUT2D eigenvalue weighted by molar-refractivity contribution is 0.214. The van der Waals surface area contributed by atoms with E-state index >= 15 is 0 Å². The van der Waals surface area contributed by atoms with E-state index < -0.39 is 0 Å². The molecule has 0 bridgehead atoms. The Labute approximate surface area is 116 Å². The Morgan fingerprint density at radius 2 is 1.85 bits per heavy atom. The molecule has 2 heterocycles. The van der Waals surface area contributed by atoms with Gasteiger partial charge in [-0.1, -0.05) is 24.3 Å². The highest BCUT2D eigenvalue weighted by atomic mass is 16.5. The summed E-state index contributed by atoms with van der Waals surface area (Å²) >= 11 is 0. The molecule has 0 radical (unpaired) electrons. The van der Waals surface area contributed by atoms with Crippen LogP contribution < -0.4 is 10.1 Å². The molecule has 102 valence electrons. The first kappa shape index (κ1) is 11.6. The fourth-order valence-electron chi connectivity index (χ4n) is 3.24. The predicted molar refractivity (Wildman–Crippen MR) is 74.2 cm³/mol. The number of hydrogen-bond acceptors (Lipinski definition) is 4. The molecule has 0 aromatic heterocycles. The van der Waals surface area contributed by atoms with Crippen molar-refractivity contribution >= 4 is 0 Å². The molecule has 4 rings (SSSR count). The first-order chi connectivity index (χ1) is 9.74. The number of benzene rings is 2. The summed E-state index contributed by atoms with van der Waals surface area (Å²) in [6, 6.07) is 11.6. The number of aromatic hydroxyl groups is 2. The van der Waals surface area contributed by atoms with Crippen molar-refractivity contribution in [3.8, 4) is 17.2 Å². The minimum absolute atomic E-state index is 0.101. The molecule has 0 saturated heterocycles. The highest BCUT2D eigenvalue weighted by Crippen LogP contribution is 2.45. The van der Waals surface area contributed by atoms with Gasteiger partial charge in [0.25, 0.3) is 0 Å². The molecular weight excluding hydrogens is 254 g/mol. The van der Waals surface area contributed by atoms with Crippen LogP contribution in [0.2, 0.25) is 0 Å². The van der Waals surface area contributed by atoms with Crippen molar-refractivity contribution in [2.75, 3.05) is 6.61 Å². The Bertz CT molecular complexity index is 683. The number of hydrogen-bond donors (Lipinski definition) is 3. The van der Waals surface area contributed by atoms with Crippen molar-refractivity contribution in [1.82, 2.24) is 5.32 Å². The van der Waals surface area contributed by atoms with Gasteiger partial charge < -0.3 is 20.3 Å². The van der Waals surface area contributed by atoms with Crippen LogP contribution in [0, 0.1) is 0 Å². The van der Waals surface area contributed by atoms with Gasteiger partial charge in [0.1, 0.15) is 12.4 Å². The van der Waals surface area contributed by atoms with Crippen molar-refractivity contribution < 1.29 is 14.9 Å². The van der Waals surface area contributed by atoms with E-state index in [1.807, 2.05) is 12.1 Å². The summed E-state index contributed by atoms with van der Waals surface area (Å²) in [5.74, 6) is 0.561. The number of rotatable bonds is 0. The highest BCUT2D eigenvalue weighted by molar-refractivity contribution is 5.55. The summed E-state index contributed by atoms with van der Waals surface area (Å²) in [5.41, 5.74) is 3.47. The topological polar surface area (TPSA) is 61.7 Å². The SMILES string of the molecule is Oc1cc2c(cc1O)C1c3ccccc3CN[C@@H]1CO2. The zero-order valence-corrected chi connectivity index (χ0v) is 10.8. The fraction of sp³-hybridized carbons (Fsp3) is 0.250. The number of nitrogens with one attached hydrogen (secondary N) is 1. The largest absolute Gasteiger partial charge is 0.504 e. The van der Waals surface area contributed by atoms with Crippen LogP contribution in [0.3, 0.4) is 0 Å². The lowest BCUT2D eigenvalue weighted by Crippen LogP contribution is -2.46. The van der Waals surface area contributed by atoms with Crippen LogP contribution in [-0.4, -0.2) is 22.9 Å². The maximum atomic E-state index is 9.79. The molecule has 0 spiro atoms. The van der Waals surface area contributed by atoms with Crippen molar-refractivity contribution in [3.05, 3.63) is 53.1 Å². The molecule has 0 aliphatic carbocycles. The summed E-state index contributed by atoms with van der Waals surface area (Å²) in [4.78, 5) is 0. The van der Waals surface area contributed by atoms with Crippen LogP contribution in [0.4, 0.5) is 0 Å². The van der Waals surface area contributed by atoms with Crippen LogP contribution >= 0.6 is 0 Å². The van der Waals surface area contributed by atoms with Crippen molar-refractivity contribution in [3.63, 3.8) is 0 Å². The Kier molecular flexibility index (Phi) is 2.41. The lowest BCUT2D eigenvalue weighted by Gasteiger charge is -2.39. The van der Waals surface area contributed by atoms with Crippen LogP contribution in [0.15, 0.2) is 36.4 Å². The minimum atomic E-state index is -0.140. The molecule has 1 unspecified atom stereocenters. The molecule has 2 aromatic carbocycles. The Morgan fingerprint density at radius 3 is 2.75 bits per heavy atom. The van der Waals surface area contributed by atoms with Crippen LogP contribution in [0.25, 0.3) is 0 Å². The summed E-state index contributed by atoms with van der Waals surface area (Å²) in [6.07, 6.45) is 0. The molecule has 0 amide bonds. The quantitative estimate of drug-likeness (QED) is 0.641. The molecule has 20 heavy (non-hydrogen) atoms. The van der Waals surface area contributed by atoms with E-state index in [-0.39, 0.29) is 23.5 Å². The minimum Gasteiger partial charge on any atom is -0.504 e. The third kappa shape index (κ3) is 1.58. The average Bonchev–Trinajstić information content (AvgIpc) is 2.48. The number of phenolic OH excluding ortho intramolecular Hbond substituents is 2. The zero-order valence-electron chi connectivity index (χ0n) is 10.8. The molecule has 0 fully saturated rings. The molecule has 2 aromatic rings. The maximum absolute atomic E-state index is 9.79.